The Labute approximate surface area is 718 Å². The number of fused-ring (bicyclic) bond motifs is 15. The molecule has 0 aromatic carbocycles. The van der Waals surface area contributed by atoms with Crippen molar-refractivity contribution in [2.45, 2.75) is 161 Å². The van der Waals surface area contributed by atoms with Gasteiger partial charge in [-0.3, -0.25) is 9.80 Å². The number of methoxy groups -OCH3 is 3. The normalized spacial score (nSPS) is 27.3. The number of likely N-dealkylation sites (N-methyl/N-ethyl adjacent to an activating group) is 3. The predicted octanol–water partition coefficient (Wildman–Crippen LogP) is 4.30. The second-order valence-corrected chi connectivity index (χ2v) is 35.5. The Hall–Kier alpha value is -1.76. The molecule has 0 saturated carbocycles. The van der Waals surface area contributed by atoms with E-state index in [1.807, 2.05) is 79.0 Å². The van der Waals surface area contributed by atoms with Gasteiger partial charge in [0.2, 0.25) is 16.8 Å². The van der Waals surface area contributed by atoms with E-state index in [9.17, 15) is 49.2 Å². The van der Waals surface area contributed by atoms with Crippen molar-refractivity contribution in [1.82, 2.24) is 9.80 Å². The SMILES string of the molecule is C.CCOC(=O)C[N+]1(C)[C@@H]2CC(OC(=O)C(O)(c3cccs3)c3cccs3)C[C@H]1[C@@H]1O[C@@H]12.CI.CN1[C@@H]2CC(O)C[C@H]1[C@@H]1O[C@@H]12.CN1[C@@H]2CC(OC(=O)C(O)(c3cccs3)c3cccs3)C[C@H]1[C@@H]1O[C@@H]12.COC(=O)C(=O)OC.COC(=O)C(O)(c1cccs1)c1cccs1.ICI.[Br-].[Br-].[Mg+2].[c-]1cccs1. The summed E-state index contributed by atoms with van der Waals surface area (Å²) in [5, 5.41) is 58.7. The van der Waals surface area contributed by atoms with Crippen LogP contribution in [-0.2, 0) is 88.2 Å². The largest absolute Gasteiger partial charge is 2.00 e. The Kier molecular flexibility index (Phi) is 38.4. The van der Waals surface area contributed by atoms with Crippen LogP contribution in [0.3, 0.4) is 0 Å². The average Bonchev–Trinajstić information content (AvgIpc) is 1.53. The fourth-order valence-corrected chi connectivity index (χ4v) is 19.8. The summed E-state index contributed by atoms with van der Waals surface area (Å²) in [6.45, 7) is 2.47. The minimum absolute atomic E-state index is 0. The average molecular weight is 2060 g/mol. The number of hydrogen-bond donors (Lipinski definition) is 4. The Morgan fingerprint density at radius 2 is 0.848 bits per heavy atom. The fraction of sp³-hybridized carbons (Fsp3) is 0.514. The first-order valence-electron chi connectivity index (χ1n) is 32.1. The molecule has 0 aliphatic carbocycles. The van der Waals surface area contributed by atoms with Gasteiger partial charge >= 0.3 is 58.9 Å². The molecule has 7 aromatic rings. The number of carbonyl (C=O) groups excluding carboxylic acids is 6. The van der Waals surface area contributed by atoms with Gasteiger partial charge in [-0.05, 0) is 107 Å². The van der Waals surface area contributed by atoms with Gasteiger partial charge < -0.3 is 113 Å². The molecule has 105 heavy (non-hydrogen) atoms. The number of halogens is 5. The summed E-state index contributed by atoms with van der Waals surface area (Å²) in [6.07, 6.45) is 5.72. The van der Waals surface area contributed by atoms with Gasteiger partial charge in [-0.1, -0.05) is 112 Å². The van der Waals surface area contributed by atoms with Crippen molar-refractivity contribution in [2.24, 2.45) is 0 Å². The maximum absolute atomic E-state index is 13.3. The monoisotopic (exact) mass is 2060 g/mol. The van der Waals surface area contributed by atoms with E-state index in [0.29, 0.717) is 108 Å². The second-order valence-electron chi connectivity index (χ2n) is 24.7. The summed E-state index contributed by atoms with van der Waals surface area (Å²) in [5.41, 5.74) is -5.19. The number of morpholine rings is 3. The molecule has 4 N–H and O–H groups in total. The number of alkyl halides is 3. The van der Waals surface area contributed by atoms with Crippen molar-refractivity contribution in [1.29, 1.82) is 0 Å². The molecule has 16 rings (SSSR count). The molecule has 0 amide bonds. The summed E-state index contributed by atoms with van der Waals surface area (Å²) in [5.74, 6) is -4.03. The first-order valence-corrected chi connectivity index (χ1v) is 43.5. The molecule has 16 atom stereocenters. The Bertz CT molecular complexity index is 3540. The molecule has 4 unspecified atom stereocenters. The smallest absolute Gasteiger partial charge is 1.00 e. The molecule has 7 aromatic heterocycles. The van der Waals surface area contributed by atoms with Crippen LogP contribution in [-0.4, -0.2) is 248 Å². The van der Waals surface area contributed by atoms with Gasteiger partial charge in [0.25, 0.3) is 0 Å². The molecule has 574 valence electrons. The van der Waals surface area contributed by atoms with Gasteiger partial charge in [-0.2, -0.15) is 11.4 Å². The first kappa shape index (κ1) is 93.8. The Morgan fingerprint density at radius 1 is 0.533 bits per heavy atom. The number of rotatable bonds is 14. The first-order chi connectivity index (χ1) is 48.6. The van der Waals surface area contributed by atoms with Gasteiger partial charge in [-0.15, -0.1) is 73.4 Å². The van der Waals surface area contributed by atoms with E-state index in [1.165, 1.54) is 77.6 Å². The maximum atomic E-state index is 13.3. The van der Waals surface area contributed by atoms with Crippen molar-refractivity contribution in [2.75, 3.05) is 63.0 Å². The van der Waals surface area contributed by atoms with Crippen molar-refractivity contribution >= 4 is 206 Å². The molecule has 9 aliphatic rings. The van der Waals surface area contributed by atoms with E-state index >= 15 is 0 Å². The third-order valence-corrected chi connectivity index (χ3v) is 25.6. The van der Waals surface area contributed by atoms with Crippen LogP contribution in [0.4, 0.5) is 0 Å². The standard InChI is InChI=1S/C22H26NO6S2.C18H19NO4S2.C11H10O3S2.C8H13NO2.C4H6O4.C4H3S.CH2I2.CH3I.CH4.2BrH.Mg/c1-3-27-18(24)12-23(2)14-10-13(11-15(23)20-19(14)29-20)28-21(25)22(26,16-6-4-8-30-16)17-7-5-9-31-17;1-19-11-8-10(9-12(19)16-15(11)23-16)22-17(20)18(21,13-4-2-6-24-13)14-5-3-7-25-14;1-14-10(12)11(13,8-4-2-6-15-8)9-5-3-7-16-9;1-9-5-2-4(10)3-6(9)8-7(5)11-8;1-7-3(5)4(6)8-2;1-2-4-5-3-1;2-1-3;1-2;;;;/h4-9,13-15,19-20,26H,3,10-12H2,1-2H3;2-7,10-12,15-16,21H,8-9H2,1H3;2-7,13H,1H3;4-8,10H,2-3H2,1H3;1-2H3;1-3H;1H2;1H3;1H4;2*1H;/q+1;;;;;-1;;;;;;+2/p-2/t13?,14-,15+,19-,20+,23?;10?,11-,12+,15-,16+;;4?,5-,6+,7-,8+;;;;;;;;. The number of aliphatic hydroxyl groups excluding tert-OH is 1. The molecule has 6 bridgehead atoms. The Morgan fingerprint density at radius 3 is 1.11 bits per heavy atom. The van der Waals surface area contributed by atoms with Crippen molar-refractivity contribution in [3.63, 3.8) is 0 Å². The Balaban J connectivity index is 0.000000239. The number of hydrogen-bond acceptors (Lipinski definition) is 28. The molecule has 35 heteroatoms. The fourth-order valence-electron chi connectivity index (χ4n) is 14.2. The van der Waals surface area contributed by atoms with Crippen LogP contribution < -0.4 is 34.0 Å². The van der Waals surface area contributed by atoms with Crippen LogP contribution in [0, 0.1) is 5.38 Å². The van der Waals surface area contributed by atoms with Crippen molar-refractivity contribution < 1.29 is 130 Å². The molecular formula is C70H86Br2I3MgN3O19S7. The zero-order valence-electron chi connectivity index (χ0n) is 57.9. The summed E-state index contributed by atoms with van der Waals surface area (Å²) >= 11 is 16.3. The number of aliphatic hydroxyl groups is 4. The summed E-state index contributed by atoms with van der Waals surface area (Å²) in [7, 11) is 9.84. The minimum Gasteiger partial charge on any atom is -1.00 e. The van der Waals surface area contributed by atoms with Crippen molar-refractivity contribution in [3.8, 4) is 0 Å². The minimum atomic E-state index is -1.80. The number of esters is 6. The van der Waals surface area contributed by atoms with E-state index in [-0.39, 0.29) is 113 Å². The van der Waals surface area contributed by atoms with Crippen LogP contribution in [0.1, 0.15) is 82.1 Å². The van der Waals surface area contributed by atoms with E-state index < -0.39 is 46.6 Å². The summed E-state index contributed by atoms with van der Waals surface area (Å²) in [6, 6.07) is 27.1. The van der Waals surface area contributed by atoms with Gasteiger partial charge in [0.15, 0.2) is 6.54 Å². The third-order valence-electron chi connectivity index (χ3n) is 19.2. The number of ether oxygens (including phenoxy) is 9. The predicted molar refractivity (Wildman–Crippen MR) is 425 cm³/mol. The second kappa shape index (κ2) is 42.9. The molecular weight excluding hydrogens is 1980 g/mol. The number of piperidine rings is 3. The van der Waals surface area contributed by atoms with Gasteiger partial charge in [0.1, 0.15) is 60.9 Å². The molecule has 16 heterocycles. The molecule has 9 fully saturated rings. The molecule has 0 spiro atoms. The summed E-state index contributed by atoms with van der Waals surface area (Å²) < 4.78 is 48.4. The van der Waals surface area contributed by atoms with Gasteiger partial charge in [0, 0.05) is 49.9 Å². The van der Waals surface area contributed by atoms with E-state index in [2.05, 4.69) is 118 Å². The van der Waals surface area contributed by atoms with Gasteiger partial charge in [-0.25, -0.2) is 34.8 Å². The molecule has 0 radical (unpaired) electrons. The van der Waals surface area contributed by atoms with Crippen molar-refractivity contribution in [3.05, 3.63) is 157 Å². The van der Waals surface area contributed by atoms with Crippen LogP contribution in [0.25, 0.3) is 0 Å². The summed E-state index contributed by atoms with van der Waals surface area (Å²) in [4.78, 5) is 80.6. The molecule has 9 saturated heterocycles. The van der Waals surface area contributed by atoms with E-state index in [0.717, 1.165) is 39.9 Å². The van der Waals surface area contributed by atoms with Crippen LogP contribution in [0.2, 0.25) is 0 Å². The molecule has 9 aliphatic heterocycles. The number of nitrogens with zero attached hydrogens (tertiary/aromatic N) is 3. The number of carbonyl (C=O) groups is 6. The zero-order valence-corrected chi connectivity index (χ0v) is 74.6. The van der Waals surface area contributed by atoms with E-state index in [4.69, 9.17) is 28.4 Å². The van der Waals surface area contributed by atoms with Crippen LogP contribution in [0.15, 0.2) is 123 Å². The quantitative estimate of drug-likeness (QED) is 0.0136. The number of epoxide rings is 3. The van der Waals surface area contributed by atoms with Crippen LogP contribution in [0.5, 0.6) is 0 Å². The topological polar surface area (TPSA) is 283 Å². The molecule has 22 nitrogen and oxygen atoms in total. The van der Waals surface area contributed by atoms with E-state index in [1.54, 1.807) is 66.8 Å². The number of thiophene rings is 7. The maximum Gasteiger partial charge on any atom is 2.00 e. The van der Waals surface area contributed by atoms with Crippen LogP contribution >= 0.6 is 147 Å². The third kappa shape index (κ3) is 21.4. The van der Waals surface area contributed by atoms with Gasteiger partial charge in [0.05, 0.1) is 72.8 Å². The zero-order chi connectivity index (χ0) is 73.0. The number of quaternary nitrogens is 1.